The lowest BCUT2D eigenvalue weighted by Gasteiger charge is -2.09. The molecule has 0 aliphatic heterocycles. The second-order valence-corrected chi connectivity index (χ2v) is 3.63. The van der Waals surface area contributed by atoms with Gasteiger partial charge in [-0.3, -0.25) is 0 Å². The highest BCUT2D eigenvalue weighted by molar-refractivity contribution is 5.44. The molecule has 0 bridgehead atoms. The summed E-state index contributed by atoms with van der Waals surface area (Å²) in [5.74, 6) is 0.494. The minimum atomic E-state index is 0.494. The quantitative estimate of drug-likeness (QED) is 0.752. The van der Waals surface area contributed by atoms with Crippen molar-refractivity contribution in [1.29, 1.82) is 0 Å². The van der Waals surface area contributed by atoms with Crippen LogP contribution in [0.25, 0.3) is 0 Å². The molecule has 1 aromatic carbocycles. The van der Waals surface area contributed by atoms with Gasteiger partial charge in [-0.1, -0.05) is 25.5 Å². The van der Waals surface area contributed by atoms with Crippen LogP contribution < -0.4 is 0 Å². The summed E-state index contributed by atoms with van der Waals surface area (Å²) >= 11 is 0. The number of aryl methyl sites for hydroxylation is 2. The van der Waals surface area contributed by atoms with Gasteiger partial charge in [0.05, 0.1) is 0 Å². The van der Waals surface area contributed by atoms with Gasteiger partial charge < -0.3 is 5.11 Å². The fourth-order valence-corrected chi connectivity index (χ4v) is 1.52. The summed E-state index contributed by atoms with van der Waals surface area (Å²) in [6, 6.07) is 4.06. The molecule has 1 heteroatoms. The van der Waals surface area contributed by atoms with E-state index in [0.29, 0.717) is 5.75 Å². The van der Waals surface area contributed by atoms with Crippen molar-refractivity contribution in [1.82, 2.24) is 0 Å². The predicted octanol–water partition coefficient (Wildman–Crippen LogP) is 3.35. The molecule has 0 atom stereocenters. The predicted molar refractivity (Wildman–Crippen MR) is 56.2 cm³/mol. The number of unbranched alkanes of at least 4 members (excludes halogenated alkanes) is 1. The maximum Gasteiger partial charge on any atom is 0.121 e. The van der Waals surface area contributed by atoms with Crippen LogP contribution in [-0.2, 0) is 6.42 Å². The zero-order valence-electron chi connectivity index (χ0n) is 8.72. The van der Waals surface area contributed by atoms with Crippen LogP contribution in [0, 0.1) is 13.8 Å². The molecule has 1 rings (SSSR count). The first kappa shape index (κ1) is 10.1. The summed E-state index contributed by atoms with van der Waals surface area (Å²) < 4.78 is 0. The number of rotatable bonds is 3. The summed E-state index contributed by atoms with van der Waals surface area (Å²) in [5.41, 5.74) is 3.31. The van der Waals surface area contributed by atoms with E-state index in [1.807, 2.05) is 13.0 Å². The van der Waals surface area contributed by atoms with Gasteiger partial charge in [-0.25, -0.2) is 0 Å². The molecule has 13 heavy (non-hydrogen) atoms. The van der Waals surface area contributed by atoms with E-state index in [1.54, 1.807) is 0 Å². The SMILES string of the molecule is CCCCc1c(C)ccc(C)c1O. The highest BCUT2D eigenvalue weighted by atomic mass is 16.3. The maximum atomic E-state index is 9.81. The normalized spacial score (nSPS) is 10.4. The van der Waals surface area contributed by atoms with Crippen molar-refractivity contribution < 1.29 is 5.11 Å². The highest BCUT2D eigenvalue weighted by Gasteiger charge is 2.06. The number of hydrogen-bond donors (Lipinski definition) is 1. The Kier molecular flexibility index (Phi) is 3.35. The molecule has 1 N–H and O–H groups in total. The summed E-state index contributed by atoms with van der Waals surface area (Å²) in [6.45, 7) is 6.18. The van der Waals surface area contributed by atoms with Crippen LogP contribution in [0.5, 0.6) is 5.75 Å². The Morgan fingerprint density at radius 1 is 1.15 bits per heavy atom. The monoisotopic (exact) mass is 178 g/mol. The molecule has 0 spiro atoms. The van der Waals surface area contributed by atoms with Crippen molar-refractivity contribution in [2.75, 3.05) is 0 Å². The molecule has 0 fully saturated rings. The molecular weight excluding hydrogens is 160 g/mol. The largest absolute Gasteiger partial charge is 0.507 e. The third-order valence-corrected chi connectivity index (χ3v) is 2.50. The molecule has 1 nitrogen and oxygen atoms in total. The van der Waals surface area contributed by atoms with Gasteiger partial charge in [0.1, 0.15) is 5.75 Å². The highest BCUT2D eigenvalue weighted by Crippen LogP contribution is 2.26. The Labute approximate surface area is 80.4 Å². The standard InChI is InChI=1S/C12H18O/c1-4-5-6-11-9(2)7-8-10(3)12(11)13/h7-8,13H,4-6H2,1-3H3. The van der Waals surface area contributed by atoms with Crippen molar-refractivity contribution in [3.8, 4) is 5.75 Å². The van der Waals surface area contributed by atoms with Crippen molar-refractivity contribution in [3.05, 3.63) is 28.8 Å². The Balaban J connectivity index is 2.96. The van der Waals surface area contributed by atoms with Gasteiger partial charge in [0.25, 0.3) is 0 Å². The third kappa shape index (κ3) is 2.24. The van der Waals surface area contributed by atoms with Crippen molar-refractivity contribution in [3.63, 3.8) is 0 Å². The topological polar surface area (TPSA) is 20.2 Å². The average Bonchev–Trinajstić information content (AvgIpc) is 2.12. The number of phenols is 1. The molecule has 0 aliphatic carbocycles. The van der Waals surface area contributed by atoms with E-state index in [2.05, 4.69) is 19.9 Å². The van der Waals surface area contributed by atoms with Crippen LogP contribution >= 0.6 is 0 Å². The molecule has 0 amide bonds. The number of phenolic OH excluding ortho intramolecular Hbond substituents is 1. The summed E-state index contributed by atoms with van der Waals surface area (Å²) in [7, 11) is 0. The molecule has 0 aliphatic rings. The summed E-state index contributed by atoms with van der Waals surface area (Å²) in [5, 5.41) is 9.81. The molecule has 0 aromatic heterocycles. The van der Waals surface area contributed by atoms with E-state index in [1.165, 1.54) is 12.0 Å². The minimum Gasteiger partial charge on any atom is -0.507 e. The zero-order chi connectivity index (χ0) is 9.84. The second-order valence-electron chi connectivity index (χ2n) is 3.63. The maximum absolute atomic E-state index is 9.81. The van der Waals surface area contributed by atoms with Gasteiger partial charge in [0.2, 0.25) is 0 Å². The molecule has 1 aromatic rings. The van der Waals surface area contributed by atoms with E-state index in [-0.39, 0.29) is 0 Å². The van der Waals surface area contributed by atoms with Crippen LogP contribution in [0.15, 0.2) is 12.1 Å². The smallest absolute Gasteiger partial charge is 0.121 e. The summed E-state index contributed by atoms with van der Waals surface area (Å²) in [6.07, 6.45) is 3.32. The van der Waals surface area contributed by atoms with Gasteiger partial charge in [-0.05, 0) is 43.4 Å². The van der Waals surface area contributed by atoms with E-state index >= 15 is 0 Å². The molecular formula is C12H18O. The Morgan fingerprint density at radius 2 is 1.77 bits per heavy atom. The van der Waals surface area contributed by atoms with Crippen LogP contribution in [-0.4, -0.2) is 5.11 Å². The summed E-state index contributed by atoms with van der Waals surface area (Å²) in [4.78, 5) is 0. The minimum absolute atomic E-state index is 0.494. The molecule has 0 unspecified atom stereocenters. The molecule has 0 saturated carbocycles. The van der Waals surface area contributed by atoms with Crippen molar-refractivity contribution in [2.45, 2.75) is 40.0 Å². The number of hydrogen-bond acceptors (Lipinski definition) is 1. The third-order valence-electron chi connectivity index (χ3n) is 2.50. The van der Waals surface area contributed by atoms with Gasteiger partial charge in [-0.15, -0.1) is 0 Å². The molecule has 0 radical (unpaired) electrons. The molecule has 0 heterocycles. The van der Waals surface area contributed by atoms with Crippen molar-refractivity contribution in [2.24, 2.45) is 0 Å². The fourth-order valence-electron chi connectivity index (χ4n) is 1.52. The van der Waals surface area contributed by atoms with Gasteiger partial charge in [0.15, 0.2) is 0 Å². The zero-order valence-corrected chi connectivity index (χ0v) is 8.72. The van der Waals surface area contributed by atoms with Crippen LogP contribution in [0.1, 0.15) is 36.5 Å². The Hall–Kier alpha value is -0.980. The van der Waals surface area contributed by atoms with E-state index in [0.717, 1.165) is 24.0 Å². The van der Waals surface area contributed by atoms with E-state index in [4.69, 9.17) is 0 Å². The number of aromatic hydroxyl groups is 1. The average molecular weight is 178 g/mol. The Bertz CT molecular complexity index is 289. The van der Waals surface area contributed by atoms with Crippen LogP contribution in [0.2, 0.25) is 0 Å². The van der Waals surface area contributed by atoms with Crippen molar-refractivity contribution >= 4 is 0 Å². The Morgan fingerprint density at radius 3 is 2.38 bits per heavy atom. The van der Waals surface area contributed by atoms with E-state index < -0.39 is 0 Å². The number of benzene rings is 1. The lowest BCUT2D eigenvalue weighted by molar-refractivity contribution is 0.462. The van der Waals surface area contributed by atoms with Gasteiger partial charge in [-0.2, -0.15) is 0 Å². The van der Waals surface area contributed by atoms with Crippen LogP contribution in [0.3, 0.4) is 0 Å². The lowest BCUT2D eigenvalue weighted by Crippen LogP contribution is -1.92. The van der Waals surface area contributed by atoms with E-state index in [9.17, 15) is 5.11 Å². The lowest BCUT2D eigenvalue weighted by atomic mass is 9.99. The fraction of sp³-hybridized carbons (Fsp3) is 0.500. The molecule has 72 valence electrons. The molecule has 0 saturated heterocycles. The first-order chi connectivity index (χ1) is 6.16. The first-order valence-corrected chi connectivity index (χ1v) is 4.94. The van der Waals surface area contributed by atoms with Crippen LogP contribution in [0.4, 0.5) is 0 Å². The first-order valence-electron chi connectivity index (χ1n) is 4.94. The second kappa shape index (κ2) is 4.31. The van der Waals surface area contributed by atoms with Gasteiger partial charge in [0, 0.05) is 0 Å². The van der Waals surface area contributed by atoms with Gasteiger partial charge >= 0.3 is 0 Å².